The van der Waals surface area contributed by atoms with Gasteiger partial charge < -0.3 is 9.80 Å². The van der Waals surface area contributed by atoms with E-state index in [2.05, 4.69) is 28.9 Å². The second-order valence-corrected chi connectivity index (χ2v) is 8.02. The van der Waals surface area contributed by atoms with Crippen molar-refractivity contribution in [2.24, 2.45) is 0 Å². The lowest BCUT2D eigenvalue weighted by atomic mass is 10.1. The molecule has 2 aromatic heterocycles. The molecule has 28 heavy (non-hydrogen) atoms. The standard InChI is InChI=1S/C20H28N6O2/c1-14(2)25-11-10-24(15(3)27)13-17(25)19-22-21-18-7-6-16(12-26(18)19)20(28)23-8-4-5-9-23/h6-7,12,14,17H,4-5,8-11,13H2,1-3H3. The first kappa shape index (κ1) is 18.9. The zero-order valence-electron chi connectivity index (χ0n) is 16.8. The Hall–Kier alpha value is -2.48. The Morgan fingerprint density at radius 2 is 1.79 bits per heavy atom. The largest absolute Gasteiger partial charge is 0.340 e. The molecule has 2 amide bonds. The summed E-state index contributed by atoms with van der Waals surface area (Å²) in [5, 5.41) is 8.77. The third-order valence-corrected chi connectivity index (χ3v) is 5.90. The maximum atomic E-state index is 12.8. The number of carbonyl (C=O) groups is 2. The molecule has 150 valence electrons. The summed E-state index contributed by atoms with van der Waals surface area (Å²) in [6.07, 6.45) is 3.99. The fourth-order valence-corrected chi connectivity index (χ4v) is 4.30. The second kappa shape index (κ2) is 7.50. The molecule has 1 unspecified atom stereocenters. The number of likely N-dealkylation sites (tertiary alicyclic amines) is 1. The number of aromatic nitrogens is 3. The Morgan fingerprint density at radius 3 is 2.46 bits per heavy atom. The Kier molecular flexibility index (Phi) is 5.05. The van der Waals surface area contributed by atoms with Crippen molar-refractivity contribution in [3.63, 3.8) is 0 Å². The molecule has 0 aromatic carbocycles. The van der Waals surface area contributed by atoms with Gasteiger partial charge in [0, 0.05) is 51.9 Å². The van der Waals surface area contributed by atoms with E-state index in [1.165, 1.54) is 0 Å². The van der Waals surface area contributed by atoms with E-state index in [1.54, 1.807) is 6.92 Å². The quantitative estimate of drug-likeness (QED) is 0.803. The molecule has 2 saturated heterocycles. The highest BCUT2D eigenvalue weighted by Crippen LogP contribution is 2.27. The Balaban J connectivity index is 1.70. The second-order valence-electron chi connectivity index (χ2n) is 8.02. The summed E-state index contributed by atoms with van der Waals surface area (Å²) in [6, 6.07) is 3.95. The summed E-state index contributed by atoms with van der Waals surface area (Å²) in [4.78, 5) is 30.9. The van der Waals surface area contributed by atoms with Crippen molar-refractivity contribution in [3.05, 3.63) is 29.7 Å². The van der Waals surface area contributed by atoms with Crippen LogP contribution in [0.4, 0.5) is 0 Å². The van der Waals surface area contributed by atoms with Crippen LogP contribution >= 0.6 is 0 Å². The van der Waals surface area contributed by atoms with Gasteiger partial charge in [0.15, 0.2) is 11.5 Å². The number of fused-ring (bicyclic) bond motifs is 1. The number of piperazine rings is 1. The third kappa shape index (κ3) is 3.37. The predicted octanol–water partition coefficient (Wildman–Crippen LogP) is 1.58. The van der Waals surface area contributed by atoms with Crippen LogP contribution in [0.3, 0.4) is 0 Å². The highest BCUT2D eigenvalue weighted by atomic mass is 16.2. The van der Waals surface area contributed by atoms with Gasteiger partial charge in [0.1, 0.15) is 0 Å². The minimum absolute atomic E-state index is 0.0511. The molecule has 4 heterocycles. The molecule has 0 aliphatic carbocycles. The first-order valence-corrected chi connectivity index (χ1v) is 10.1. The van der Waals surface area contributed by atoms with E-state index in [1.807, 2.05) is 32.5 Å². The highest BCUT2D eigenvalue weighted by Gasteiger charge is 2.34. The molecule has 8 nitrogen and oxygen atoms in total. The van der Waals surface area contributed by atoms with E-state index in [9.17, 15) is 9.59 Å². The molecular formula is C20H28N6O2. The van der Waals surface area contributed by atoms with Crippen LogP contribution < -0.4 is 0 Å². The minimum Gasteiger partial charge on any atom is -0.340 e. The monoisotopic (exact) mass is 384 g/mol. The maximum absolute atomic E-state index is 12.8. The summed E-state index contributed by atoms with van der Waals surface area (Å²) >= 11 is 0. The maximum Gasteiger partial charge on any atom is 0.255 e. The molecule has 4 rings (SSSR count). The highest BCUT2D eigenvalue weighted by molar-refractivity contribution is 5.94. The first-order valence-electron chi connectivity index (χ1n) is 10.1. The molecule has 0 bridgehead atoms. The Labute approximate surface area is 165 Å². The van der Waals surface area contributed by atoms with Gasteiger partial charge >= 0.3 is 0 Å². The average Bonchev–Trinajstić information content (AvgIpc) is 3.36. The van der Waals surface area contributed by atoms with Crippen LogP contribution in [0.5, 0.6) is 0 Å². The summed E-state index contributed by atoms with van der Waals surface area (Å²) in [5.41, 5.74) is 1.38. The minimum atomic E-state index is -0.0511. The van der Waals surface area contributed by atoms with Crippen LogP contribution in [0.1, 0.15) is 55.8 Å². The summed E-state index contributed by atoms with van der Waals surface area (Å²) < 4.78 is 1.92. The van der Waals surface area contributed by atoms with Crippen molar-refractivity contribution in [1.82, 2.24) is 29.3 Å². The van der Waals surface area contributed by atoms with Gasteiger partial charge in [0.2, 0.25) is 5.91 Å². The van der Waals surface area contributed by atoms with Gasteiger partial charge in [-0.3, -0.25) is 18.9 Å². The first-order chi connectivity index (χ1) is 13.5. The van der Waals surface area contributed by atoms with Crippen LogP contribution in [0.15, 0.2) is 18.3 Å². The summed E-state index contributed by atoms with van der Waals surface area (Å²) in [6.45, 7) is 9.66. The van der Waals surface area contributed by atoms with E-state index < -0.39 is 0 Å². The van der Waals surface area contributed by atoms with Gasteiger partial charge in [-0.15, -0.1) is 10.2 Å². The number of nitrogens with zero attached hydrogens (tertiary/aromatic N) is 6. The van der Waals surface area contributed by atoms with Crippen molar-refractivity contribution in [3.8, 4) is 0 Å². The molecule has 1 atom stereocenters. The van der Waals surface area contributed by atoms with Crippen LogP contribution in [0, 0.1) is 0 Å². The zero-order chi connectivity index (χ0) is 19.8. The van der Waals surface area contributed by atoms with Crippen molar-refractivity contribution in [2.75, 3.05) is 32.7 Å². The van der Waals surface area contributed by atoms with E-state index in [0.717, 1.165) is 50.5 Å². The molecule has 2 aliphatic rings. The van der Waals surface area contributed by atoms with Crippen molar-refractivity contribution >= 4 is 17.5 Å². The van der Waals surface area contributed by atoms with Crippen LogP contribution in [-0.2, 0) is 4.79 Å². The van der Waals surface area contributed by atoms with Crippen LogP contribution in [0.2, 0.25) is 0 Å². The Bertz CT molecular complexity index is 886. The van der Waals surface area contributed by atoms with Gasteiger partial charge in [-0.1, -0.05) is 0 Å². The van der Waals surface area contributed by atoms with Gasteiger partial charge in [0.25, 0.3) is 5.91 Å². The molecule has 2 aromatic rings. The molecule has 2 aliphatic heterocycles. The van der Waals surface area contributed by atoms with E-state index in [4.69, 9.17) is 0 Å². The molecule has 0 spiro atoms. The Morgan fingerprint density at radius 1 is 1.04 bits per heavy atom. The van der Waals surface area contributed by atoms with Gasteiger partial charge in [-0.2, -0.15) is 0 Å². The summed E-state index contributed by atoms with van der Waals surface area (Å²) in [7, 11) is 0. The van der Waals surface area contributed by atoms with Crippen LogP contribution in [-0.4, -0.2) is 79.9 Å². The lowest BCUT2D eigenvalue weighted by molar-refractivity contribution is -0.132. The van der Waals surface area contributed by atoms with Crippen molar-refractivity contribution in [1.29, 1.82) is 0 Å². The molecule has 2 fully saturated rings. The number of rotatable bonds is 3. The third-order valence-electron chi connectivity index (χ3n) is 5.90. The van der Waals surface area contributed by atoms with Crippen LogP contribution in [0.25, 0.3) is 5.65 Å². The van der Waals surface area contributed by atoms with Gasteiger partial charge in [-0.05, 0) is 38.8 Å². The van der Waals surface area contributed by atoms with E-state index in [-0.39, 0.29) is 17.9 Å². The SMILES string of the molecule is CC(=O)N1CCN(C(C)C)C(c2nnc3ccc(C(=O)N4CCCC4)cn23)C1. The summed E-state index contributed by atoms with van der Waals surface area (Å²) in [5.74, 6) is 0.923. The van der Waals surface area contributed by atoms with Gasteiger partial charge in [0.05, 0.1) is 11.6 Å². The normalized spacial score (nSPS) is 21.1. The van der Waals surface area contributed by atoms with Crippen molar-refractivity contribution < 1.29 is 9.59 Å². The molecular weight excluding hydrogens is 356 g/mol. The molecule has 0 N–H and O–H groups in total. The molecule has 0 saturated carbocycles. The number of hydrogen-bond acceptors (Lipinski definition) is 5. The lowest BCUT2D eigenvalue weighted by Gasteiger charge is -2.42. The fraction of sp³-hybridized carbons (Fsp3) is 0.600. The molecule has 8 heteroatoms. The van der Waals surface area contributed by atoms with Crippen molar-refractivity contribution in [2.45, 2.75) is 45.7 Å². The predicted molar refractivity (Wildman–Crippen MR) is 105 cm³/mol. The average molecular weight is 384 g/mol. The number of pyridine rings is 1. The van der Waals surface area contributed by atoms with E-state index in [0.29, 0.717) is 18.2 Å². The smallest absolute Gasteiger partial charge is 0.255 e. The zero-order valence-corrected chi connectivity index (χ0v) is 16.8. The van der Waals surface area contributed by atoms with E-state index >= 15 is 0 Å². The number of hydrogen-bond donors (Lipinski definition) is 0. The fourth-order valence-electron chi connectivity index (χ4n) is 4.30. The number of carbonyl (C=O) groups excluding carboxylic acids is 2. The topological polar surface area (TPSA) is 74.0 Å². The van der Waals surface area contributed by atoms with Gasteiger partial charge in [-0.25, -0.2) is 0 Å². The number of amides is 2. The molecule has 0 radical (unpaired) electrons. The lowest BCUT2D eigenvalue weighted by Crippen LogP contribution is -2.52.